The minimum absolute atomic E-state index is 0.268. The summed E-state index contributed by atoms with van der Waals surface area (Å²) in [5.74, 6) is -0.387. The highest BCUT2D eigenvalue weighted by molar-refractivity contribution is 5.95. The number of guanidine groups is 1. The van der Waals surface area contributed by atoms with Gasteiger partial charge < -0.3 is 26.0 Å². The van der Waals surface area contributed by atoms with E-state index in [0.29, 0.717) is 6.42 Å². The lowest BCUT2D eigenvalue weighted by atomic mass is 10.1. The molecule has 1 heterocycles. The van der Waals surface area contributed by atoms with E-state index in [0.717, 1.165) is 0 Å². The Morgan fingerprint density at radius 1 is 1.50 bits per heavy atom. The van der Waals surface area contributed by atoms with Crippen molar-refractivity contribution in [3.63, 3.8) is 0 Å². The molecule has 3 unspecified atom stereocenters. The molecule has 1 aliphatic rings. The highest BCUT2D eigenvalue weighted by Crippen LogP contribution is 2.21. The van der Waals surface area contributed by atoms with Crippen LogP contribution < -0.4 is 16.4 Å². The van der Waals surface area contributed by atoms with Gasteiger partial charge in [0, 0.05) is 0 Å². The Balaban J connectivity index is 2.55. The van der Waals surface area contributed by atoms with Gasteiger partial charge in [0.2, 0.25) is 12.4 Å². The number of nitrogens with two attached hydrogens (primary N) is 1. The molecule has 4 atom stereocenters. The smallest absolute Gasteiger partial charge is 0.346 e. The lowest BCUT2D eigenvalue weighted by Gasteiger charge is -2.14. The van der Waals surface area contributed by atoms with Crippen molar-refractivity contribution in [2.45, 2.75) is 37.9 Å². The molecule has 0 aromatic carbocycles. The molecule has 0 bridgehead atoms. The van der Waals surface area contributed by atoms with Gasteiger partial charge in [-0.3, -0.25) is 10.1 Å². The Morgan fingerprint density at radius 2 is 2.17 bits per heavy atom. The quantitative estimate of drug-likeness (QED) is 0.217. The molecule has 1 saturated heterocycles. The van der Waals surface area contributed by atoms with Crippen LogP contribution in [0.5, 0.6) is 0 Å². The maximum atomic E-state index is 11.3. The number of hydrogen-bond acceptors (Lipinski definition) is 5. The first kappa shape index (κ1) is 14.4. The number of hydrogen-bond donors (Lipinski definition) is 5. The van der Waals surface area contributed by atoms with Crippen LogP contribution in [0.3, 0.4) is 0 Å². The number of carbonyl (C=O) groups excluding carboxylic acids is 2. The molecule has 0 aliphatic carbocycles. The van der Waals surface area contributed by atoms with Gasteiger partial charge in [-0.25, -0.2) is 4.79 Å². The monoisotopic (exact) mass is 260 g/mol. The van der Waals surface area contributed by atoms with E-state index in [-0.39, 0.29) is 12.4 Å². The zero-order valence-electron chi connectivity index (χ0n) is 9.74. The molecule has 3 amide bonds. The molecule has 0 aromatic rings. The van der Waals surface area contributed by atoms with Crippen molar-refractivity contribution in [2.75, 3.05) is 0 Å². The molecule has 18 heavy (non-hydrogen) atoms. The van der Waals surface area contributed by atoms with Crippen LogP contribution in [-0.4, -0.2) is 53.2 Å². The number of rotatable bonds is 3. The number of amides is 3. The van der Waals surface area contributed by atoms with Crippen LogP contribution in [-0.2, 0) is 9.53 Å². The molecule has 0 aromatic heterocycles. The van der Waals surface area contributed by atoms with E-state index in [9.17, 15) is 19.8 Å². The third-order valence-corrected chi connectivity index (χ3v) is 2.46. The highest BCUT2D eigenvalue weighted by atomic mass is 16.6. The van der Waals surface area contributed by atoms with Crippen LogP contribution in [0.25, 0.3) is 0 Å². The number of nitrogens with zero attached hydrogens (tertiary/aromatic N) is 1. The second-order valence-corrected chi connectivity index (χ2v) is 3.69. The maximum absolute atomic E-state index is 11.3. The zero-order valence-corrected chi connectivity index (χ0v) is 9.74. The van der Waals surface area contributed by atoms with Gasteiger partial charge in [-0.05, 0) is 6.42 Å². The number of ether oxygens (including phenoxy) is 1. The van der Waals surface area contributed by atoms with Gasteiger partial charge in [0.25, 0.3) is 0 Å². The van der Waals surface area contributed by atoms with Crippen LogP contribution in [0, 0.1) is 0 Å². The lowest BCUT2D eigenvalue weighted by Crippen LogP contribution is -2.44. The second-order valence-electron chi connectivity index (χ2n) is 3.69. The number of aliphatic hydroxyl groups excluding tert-OH is 2. The van der Waals surface area contributed by atoms with Crippen LogP contribution in [0.4, 0.5) is 4.79 Å². The van der Waals surface area contributed by atoms with Crippen LogP contribution >= 0.6 is 0 Å². The topological polar surface area (TPSA) is 146 Å². The number of nitrogens with one attached hydrogen (secondary N) is 2. The second kappa shape index (κ2) is 6.28. The SMILES string of the molecule is CC[C@H]1OC(NC(=O)/N=C(/N)NC=O)C(O)C1O. The number of aliphatic imine (C=N–C) groups is 1. The molecular weight excluding hydrogens is 244 g/mol. The van der Waals surface area contributed by atoms with Crippen LogP contribution in [0.15, 0.2) is 4.99 Å². The normalized spacial score (nSPS) is 32.1. The summed E-state index contributed by atoms with van der Waals surface area (Å²) < 4.78 is 5.22. The maximum Gasteiger partial charge on any atom is 0.346 e. The van der Waals surface area contributed by atoms with E-state index in [1.54, 1.807) is 6.92 Å². The molecule has 1 fully saturated rings. The molecule has 102 valence electrons. The molecular formula is C9H16N4O5. The molecule has 0 saturated carbocycles. The predicted molar refractivity (Wildman–Crippen MR) is 60.3 cm³/mol. The average Bonchev–Trinajstić information content (AvgIpc) is 2.57. The molecule has 1 rings (SSSR count). The molecule has 9 nitrogen and oxygen atoms in total. The van der Waals surface area contributed by atoms with Gasteiger partial charge in [0.1, 0.15) is 12.2 Å². The van der Waals surface area contributed by atoms with Gasteiger partial charge in [-0.1, -0.05) is 6.92 Å². The number of carbonyl (C=O) groups is 2. The summed E-state index contributed by atoms with van der Waals surface area (Å²) in [6.07, 6.45) is -3.18. The van der Waals surface area contributed by atoms with Crippen molar-refractivity contribution < 1.29 is 24.5 Å². The standard InChI is InChI=1S/C9H16N4O5/c1-2-4-5(15)6(16)7(18-4)12-9(17)13-8(10)11-3-14/h3-7,15-16H,2H2,1H3,(H4,10,11,12,13,14,17)/t4-,5?,6?,7?/m1/s1. The Morgan fingerprint density at radius 3 is 2.67 bits per heavy atom. The van der Waals surface area contributed by atoms with Crippen molar-refractivity contribution in [2.24, 2.45) is 10.7 Å². The van der Waals surface area contributed by atoms with Crippen molar-refractivity contribution in [1.29, 1.82) is 0 Å². The van der Waals surface area contributed by atoms with E-state index >= 15 is 0 Å². The van der Waals surface area contributed by atoms with E-state index in [4.69, 9.17) is 10.5 Å². The molecule has 0 radical (unpaired) electrons. The summed E-state index contributed by atoms with van der Waals surface area (Å²) in [6.45, 7) is 1.77. The van der Waals surface area contributed by atoms with Crippen molar-refractivity contribution in [1.82, 2.24) is 10.6 Å². The van der Waals surface area contributed by atoms with Crippen molar-refractivity contribution in [3.05, 3.63) is 0 Å². The first-order valence-electron chi connectivity index (χ1n) is 5.36. The summed E-state index contributed by atoms with van der Waals surface area (Å²) in [5, 5.41) is 23.4. The van der Waals surface area contributed by atoms with Crippen LogP contribution in [0.2, 0.25) is 0 Å². The lowest BCUT2D eigenvalue weighted by molar-refractivity contribution is -0.108. The largest absolute Gasteiger partial charge is 0.388 e. The first-order valence-corrected chi connectivity index (χ1v) is 5.36. The highest BCUT2D eigenvalue weighted by Gasteiger charge is 2.42. The van der Waals surface area contributed by atoms with Gasteiger partial charge >= 0.3 is 6.03 Å². The fraction of sp³-hybridized carbons (Fsp3) is 0.667. The minimum Gasteiger partial charge on any atom is -0.388 e. The molecule has 9 heteroatoms. The van der Waals surface area contributed by atoms with Crippen molar-refractivity contribution in [3.8, 4) is 0 Å². The summed E-state index contributed by atoms with van der Waals surface area (Å²) in [4.78, 5) is 24.6. The number of aliphatic hydroxyl groups is 2. The minimum atomic E-state index is -1.24. The number of urea groups is 1. The summed E-state index contributed by atoms with van der Waals surface area (Å²) >= 11 is 0. The van der Waals surface area contributed by atoms with Crippen LogP contribution in [0.1, 0.15) is 13.3 Å². The van der Waals surface area contributed by atoms with E-state index in [1.165, 1.54) is 0 Å². The van der Waals surface area contributed by atoms with E-state index in [2.05, 4.69) is 10.3 Å². The van der Waals surface area contributed by atoms with E-state index in [1.807, 2.05) is 5.32 Å². The average molecular weight is 260 g/mol. The Kier molecular flexibility index (Phi) is 5.01. The van der Waals surface area contributed by atoms with Gasteiger partial charge in [-0.2, -0.15) is 4.99 Å². The fourth-order valence-electron chi connectivity index (χ4n) is 1.56. The molecule has 1 aliphatic heterocycles. The van der Waals surface area contributed by atoms with Gasteiger partial charge in [0.05, 0.1) is 6.10 Å². The third-order valence-electron chi connectivity index (χ3n) is 2.46. The molecule has 0 spiro atoms. The first-order chi connectivity index (χ1) is 8.49. The Bertz CT molecular complexity index is 348. The van der Waals surface area contributed by atoms with E-state index < -0.39 is 30.6 Å². The van der Waals surface area contributed by atoms with Gasteiger partial charge in [0.15, 0.2) is 6.23 Å². The summed E-state index contributed by atoms with van der Waals surface area (Å²) in [6, 6.07) is -0.894. The third kappa shape index (κ3) is 3.39. The van der Waals surface area contributed by atoms with Crippen molar-refractivity contribution >= 4 is 18.4 Å². The Hall–Kier alpha value is -1.71. The van der Waals surface area contributed by atoms with Gasteiger partial charge in [-0.15, -0.1) is 0 Å². The zero-order chi connectivity index (χ0) is 13.7. The Labute approximate surface area is 103 Å². The summed E-state index contributed by atoms with van der Waals surface area (Å²) in [7, 11) is 0. The summed E-state index contributed by atoms with van der Waals surface area (Å²) in [5.41, 5.74) is 5.17. The molecule has 6 N–H and O–H groups in total. The predicted octanol–water partition coefficient (Wildman–Crippen LogP) is -2.39. The fourth-order valence-corrected chi connectivity index (χ4v) is 1.56.